The molecule has 5 heteroatoms. The molecule has 0 N–H and O–H groups in total. The molecule has 20 heavy (non-hydrogen) atoms. The number of benzene rings is 1. The molecule has 0 bridgehead atoms. The van der Waals surface area contributed by atoms with Gasteiger partial charge in [0.2, 0.25) is 0 Å². The number of aryl methyl sites for hydroxylation is 2. The first-order chi connectivity index (χ1) is 9.55. The van der Waals surface area contributed by atoms with Gasteiger partial charge in [-0.2, -0.15) is 5.10 Å². The molecule has 2 aromatic rings. The van der Waals surface area contributed by atoms with Crippen molar-refractivity contribution in [3.63, 3.8) is 0 Å². The van der Waals surface area contributed by atoms with Crippen LogP contribution in [0.4, 0.5) is 0 Å². The van der Waals surface area contributed by atoms with Gasteiger partial charge < -0.3 is 0 Å². The number of halogens is 2. The smallest absolute Gasteiger partial charge is 0.169 e. The number of carbonyl (C=O) groups is 1. The first-order valence-corrected chi connectivity index (χ1v) is 8.17. The molecule has 0 unspecified atom stereocenters. The number of hydrogen-bond acceptors (Lipinski definition) is 2. The van der Waals surface area contributed by atoms with Crippen LogP contribution in [0.3, 0.4) is 0 Å². The first-order valence-electron chi connectivity index (χ1n) is 6.59. The van der Waals surface area contributed by atoms with E-state index in [2.05, 4.69) is 43.9 Å². The summed E-state index contributed by atoms with van der Waals surface area (Å²) in [5, 5.41) is 4.48. The third-order valence-corrected chi connectivity index (χ3v) is 4.30. The van der Waals surface area contributed by atoms with Gasteiger partial charge in [-0.25, -0.2) is 0 Å². The third-order valence-electron chi connectivity index (χ3n) is 3.15. The Bertz CT molecular complexity index is 635. The van der Waals surface area contributed by atoms with Gasteiger partial charge in [-0.05, 0) is 37.6 Å². The largest absolute Gasteiger partial charge is 0.294 e. The molecular formula is C15H16Br2N2O. The molecule has 0 spiro atoms. The van der Waals surface area contributed by atoms with Crippen molar-refractivity contribution in [1.82, 2.24) is 9.78 Å². The molecule has 1 aromatic carbocycles. The molecule has 0 fully saturated rings. The van der Waals surface area contributed by atoms with E-state index in [0.717, 1.165) is 33.3 Å². The SMILES string of the molecule is CCc1cc(CC(=O)c2ccc(Br)cc2Br)n(CC)n1. The summed E-state index contributed by atoms with van der Waals surface area (Å²) in [5.74, 6) is 0.0987. The van der Waals surface area contributed by atoms with Crippen LogP contribution in [0.2, 0.25) is 0 Å². The number of rotatable bonds is 5. The second-order valence-electron chi connectivity index (χ2n) is 4.52. The van der Waals surface area contributed by atoms with Gasteiger partial charge in [-0.15, -0.1) is 0 Å². The van der Waals surface area contributed by atoms with E-state index >= 15 is 0 Å². The lowest BCUT2D eigenvalue weighted by Gasteiger charge is -2.06. The first kappa shape index (κ1) is 15.4. The Morgan fingerprint density at radius 1 is 1.25 bits per heavy atom. The summed E-state index contributed by atoms with van der Waals surface area (Å²) in [7, 11) is 0. The normalized spacial score (nSPS) is 10.8. The highest BCUT2D eigenvalue weighted by atomic mass is 79.9. The van der Waals surface area contributed by atoms with Crippen LogP contribution in [-0.4, -0.2) is 15.6 Å². The summed E-state index contributed by atoms with van der Waals surface area (Å²) in [6.07, 6.45) is 1.26. The monoisotopic (exact) mass is 398 g/mol. The van der Waals surface area contributed by atoms with Gasteiger partial charge in [0.1, 0.15) is 0 Å². The van der Waals surface area contributed by atoms with Gasteiger partial charge in [0.05, 0.1) is 12.1 Å². The second-order valence-corrected chi connectivity index (χ2v) is 6.29. The number of nitrogens with zero attached hydrogens (tertiary/aromatic N) is 2. The quantitative estimate of drug-likeness (QED) is 0.697. The Morgan fingerprint density at radius 2 is 2.00 bits per heavy atom. The van der Waals surface area contributed by atoms with Crippen LogP contribution >= 0.6 is 31.9 Å². The van der Waals surface area contributed by atoms with E-state index in [1.165, 1.54) is 0 Å². The van der Waals surface area contributed by atoms with Gasteiger partial charge in [0.15, 0.2) is 5.78 Å². The molecule has 0 aliphatic rings. The zero-order chi connectivity index (χ0) is 14.7. The summed E-state index contributed by atoms with van der Waals surface area (Å²) in [6, 6.07) is 7.63. The lowest BCUT2D eigenvalue weighted by Crippen LogP contribution is -2.10. The van der Waals surface area contributed by atoms with Crippen molar-refractivity contribution < 1.29 is 4.79 Å². The van der Waals surface area contributed by atoms with Crippen molar-refractivity contribution in [1.29, 1.82) is 0 Å². The van der Waals surface area contributed by atoms with Crippen molar-refractivity contribution in [2.75, 3.05) is 0 Å². The van der Waals surface area contributed by atoms with Crippen molar-refractivity contribution >= 4 is 37.6 Å². The highest BCUT2D eigenvalue weighted by molar-refractivity contribution is 9.11. The molecule has 0 saturated heterocycles. The van der Waals surface area contributed by atoms with E-state index in [4.69, 9.17) is 0 Å². The summed E-state index contributed by atoms with van der Waals surface area (Å²) in [4.78, 5) is 12.4. The van der Waals surface area contributed by atoms with Crippen molar-refractivity contribution in [2.45, 2.75) is 33.2 Å². The number of carbonyl (C=O) groups excluding carboxylic acids is 1. The summed E-state index contributed by atoms with van der Waals surface area (Å²) in [5.41, 5.74) is 2.71. The topological polar surface area (TPSA) is 34.9 Å². The minimum Gasteiger partial charge on any atom is -0.294 e. The molecule has 3 nitrogen and oxygen atoms in total. The fraction of sp³-hybridized carbons (Fsp3) is 0.333. The van der Waals surface area contributed by atoms with E-state index in [0.29, 0.717) is 12.0 Å². The molecule has 0 saturated carbocycles. The zero-order valence-electron chi connectivity index (χ0n) is 11.5. The molecule has 1 heterocycles. The summed E-state index contributed by atoms with van der Waals surface area (Å²) >= 11 is 6.83. The predicted octanol–water partition coefficient (Wildman–Crippen LogP) is 4.42. The van der Waals surface area contributed by atoms with E-state index in [1.807, 2.05) is 35.9 Å². The van der Waals surface area contributed by atoms with Crippen LogP contribution < -0.4 is 0 Å². The minimum atomic E-state index is 0.0987. The van der Waals surface area contributed by atoms with E-state index in [-0.39, 0.29) is 5.78 Å². The van der Waals surface area contributed by atoms with Crippen LogP contribution in [-0.2, 0) is 19.4 Å². The lowest BCUT2D eigenvalue weighted by molar-refractivity contribution is 0.0990. The van der Waals surface area contributed by atoms with Crippen LogP contribution in [0, 0.1) is 0 Å². The average Bonchev–Trinajstić information content (AvgIpc) is 2.80. The van der Waals surface area contributed by atoms with Gasteiger partial charge in [-0.3, -0.25) is 9.48 Å². The number of ketones is 1. The maximum absolute atomic E-state index is 12.4. The number of hydrogen-bond donors (Lipinski definition) is 0. The van der Waals surface area contributed by atoms with Crippen molar-refractivity contribution in [3.05, 3.63) is 50.2 Å². The Labute approximate surface area is 135 Å². The highest BCUT2D eigenvalue weighted by Gasteiger charge is 2.14. The number of Topliss-reactive ketones (excluding diaryl/α,β-unsaturated/α-hetero) is 1. The molecule has 2 rings (SSSR count). The van der Waals surface area contributed by atoms with Gasteiger partial charge in [0, 0.05) is 26.7 Å². The molecule has 106 valence electrons. The number of aromatic nitrogens is 2. The molecule has 0 amide bonds. The Morgan fingerprint density at radius 3 is 2.60 bits per heavy atom. The molecule has 0 aliphatic heterocycles. The van der Waals surface area contributed by atoms with Crippen LogP contribution in [0.15, 0.2) is 33.2 Å². The third kappa shape index (κ3) is 3.38. The zero-order valence-corrected chi connectivity index (χ0v) is 14.7. The maximum Gasteiger partial charge on any atom is 0.169 e. The summed E-state index contributed by atoms with van der Waals surface area (Å²) in [6.45, 7) is 4.89. The average molecular weight is 400 g/mol. The van der Waals surface area contributed by atoms with Gasteiger partial charge in [0.25, 0.3) is 0 Å². The molecule has 0 radical (unpaired) electrons. The molecule has 0 atom stereocenters. The van der Waals surface area contributed by atoms with Crippen molar-refractivity contribution in [3.8, 4) is 0 Å². The van der Waals surface area contributed by atoms with Crippen molar-refractivity contribution in [2.24, 2.45) is 0 Å². The second kappa shape index (κ2) is 6.68. The standard InChI is InChI=1S/C15H16Br2N2O/c1-3-11-8-12(19(4-2)18-11)9-15(20)13-6-5-10(16)7-14(13)17/h5-8H,3-4,9H2,1-2H3. The van der Waals surface area contributed by atoms with Gasteiger partial charge >= 0.3 is 0 Å². The Balaban J connectivity index is 2.25. The van der Waals surface area contributed by atoms with E-state index in [1.54, 1.807) is 0 Å². The van der Waals surface area contributed by atoms with E-state index < -0.39 is 0 Å². The van der Waals surface area contributed by atoms with E-state index in [9.17, 15) is 4.79 Å². The van der Waals surface area contributed by atoms with Crippen LogP contribution in [0.1, 0.15) is 35.6 Å². The van der Waals surface area contributed by atoms with Gasteiger partial charge in [-0.1, -0.05) is 38.8 Å². The van der Waals surface area contributed by atoms with Crippen LogP contribution in [0.5, 0.6) is 0 Å². The Kier molecular flexibility index (Phi) is 5.16. The highest BCUT2D eigenvalue weighted by Crippen LogP contribution is 2.23. The fourth-order valence-corrected chi connectivity index (χ4v) is 3.35. The molecule has 0 aliphatic carbocycles. The predicted molar refractivity (Wildman–Crippen MR) is 87.2 cm³/mol. The summed E-state index contributed by atoms with van der Waals surface area (Å²) < 4.78 is 3.67. The van der Waals surface area contributed by atoms with Crippen LogP contribution in [0.25, 0.3) is 0 Å². The molecular weight excluding hydrogens is 384 g/mol. The lowest BCUT2D eigenvalue weighted by atomic mass is 10.1. The Hall–Kier alpha value is -0.940. The fourth-order valence-electron chi connectivity index (χ4n) is 2.08. The minimum absolute atomic E-state index is 0.0987. The maximum atomic E-state index is 12.4. The molecule has 1 aromatic heterocycles.